The smallest absolute Gasteiger partial charge is 0.240 e. The van der Waals surface area contributed by atoms with Gasteiger partial charge in [0.2, 0.25) is 5.91 Å². The van der Waals surface area contributed by atoms with Crippen molar-refractivity contribution < 1.29 is 9.18 Å². The maximum absolute atomic E-state index is 13.4. The molecule has 0 aliphatic heterocycles. The summed E-state index contributed by atoms with van der Waals surface area (Å²) in [6.45, 7) is 0.455. The zero-order valence-corrected chi connectivity index (χ0v) is 17.6. The van der Waals surface area contributed by atoms with Gasteiger partial charge in [-0.2, -0.15) is 0 Å². The Morgan fingerprint density at radius 1 is 1.00 bits per heavy atom. The predicted octanol–water partition coefficient (Wildman–Crippen LogP) is 5.05. The number of hydrogen-bond acceptors (Lipinski definition) is 4. The molecule has 1 aromatic heterocycles. The summed E-state index contributed by atoms with van der Waals surface area (Å²) in [7, 11) is 0. The van der Waals surface area contributed by atoms with Crippen molar-refractivity contribution in [3.05, 3.63) is 107 Å². The second-order valence-electron chi connectivity index (χ2n) is 7.27. The molecule has 0 fully saturated rings. The van der Waals surface area contributed by atoms with Gasteiger partial charge >= 0.3 is 0 Å². The van der Waals surface area contributed by atoms with E-state index in [2.05, 4.69) is 4.98 Å². The van der Waals surface area contributed by atoms with E-state index in [1.165, 1.54) is 23.5 Å². The van der Waals surface area contributed by atoms with Crippen LogP contribution in [0.4, 0.5) is 10.1 Å². The van der Waals surface area contributed by atoms with E-state index in [1.807, 2.05) is 64.9 Å². The summed E-state index contributed by atoms with van der Waals surface area (Å²) >= 11 is 1.51. The van der Waals surface area contributed by atoms with Crippen LogP contribution in [0, 0.1) is 5.82 Å². The van der Waals surface area contributed by atoms with E-state index in [1.54, 1.807) is 17.6 Å². The fraction of sp³-hybridized carbons (Fsp3) is 0.120. The van der Waals surface area contributed by atoms with E-state index < -0.39 is 11.9 Å². The predicted molar refractivity (Wildman–Crippen MR) is 123 cm³/mol. The molecule has 0 bridgehead atoms. The Morgan fingerprint density at radius 2 is 1.77 bits per heavy atom. The van der Waals surface area contributed by atoms with Crippen LogP contribution in [0.1, 0.15) is 11.3 Å². The average Bonchev–Trinajstić information content (AvgIpc) is 3.31. The number of nitrogens with two attached hydrogens (primary N) is 1. The van der Waals surface area contributed by atoms with E-state index in [0.717, 1.165) is 28.1 Å². The lowest BCUT2D eigenvalue weighted by Crippen LogP contribution is -2.46. The highest BCUT2D eigenvalue weighted by Crippen LogP contribution is 2.28. The first-order valence-electron chi connectivity index (χ1n) is 9.93. The van der Waals surface area contributed by atoms with Gasteiger partial charge in [-0.15, -0.1) is 11.3 Å². The van der Waals surface area contributed by atoms with E-state index in [9.17, 15) is 9.18 Å². The lowest BCUT2D eigenvalue weighted by Gasteiger charge is -2.32. The number of amides is 1. The largest absolute Gasteiger partial charge is 0.368 e. The molecule has 0 unspecified atom stereocenters. The first-order valence-corrected chi connectivity index (χ1v) is 10.9. The number of halogens is 1. The molecule has 156 valence electrons. The molecule has 1 atom stereocenters. The van der Waals surface area contributed by atoms with E-state index >= 15 is 0 Å². The first kappa shape index (κ1) is 20.8. The number of aromatic nitrogens is 1. The second-order valence-corrected chi connectivity index (χ2v) is 7.99. The summed E-state index contributed by atoms with van der Waals surface area (Å²) in [5.41, 5.74) is 12.2. The molecule has 6 heteroatoms. The van der Waals surface area contributed by atoms with Gasteiger partial charge in [0.15, 0.2) is 0 Å². The number of nitrogens with zero attached hydrogens (tertiary/aromatic N) is 2. The number of carbonyl (C=O) groups excluding carboxylic acids is 1. The molecule has 1 heterocycles. The number of thiazole rings is 1. The molecule has 4 aromatic rings. The minimum Gasteiger partial charge on any atom is -0.368 e. The highest BCUT2D eigenvalue weighted by atomic mass is 32.1. The van der Waals surface area contributed by atoms with Gasteiger partial charge in [0.1, 0.15) is 11.9 Å². The van der Waals surface area contributed by atoms with Crippen molar-refractivity contribution in [2.45, 2.75) is 19.0 Å². The van der Waals surface area contributed by atoms with Crippen LogP contribution >= 0.6 is 11.3 Å². The third-order valence-electron chi connectivity index (χ3n) is 5.15. The summed E-state index contributed by atoms with van der Waals surface area (Å²) in [4.78, 5) is 19.0. The molecule has 1 amide bonds. The third-order valence-corrected chi connectivity index (χ3v) is 5.78. The number of hydrogen-bond donors (Lipinski definition) is 1. The standard InChI is InChI=1S/C25H22FN3OS/c26-21-11-9-19(10-12-21)20-7-4-8-23(14-20)29(15-22-16-31-17-28-22)24(25(27)30)13-18-5-2-1-3-6-18/h1-12,14,16-17,24H,13,15H2,(H2,27,30)/t24-/m0/s1. The number of benzene rings is 3. The highest BCUT2D eigenvalue weighted by molar-refractivity contribution is 7.07. The summed E-state index contributed by atoms with van der Waals surface area (Å²) in [5.74, 6) is -0.673. The second kappa shape index (κ2) is 9.53. The van der Waals surface area contributed by atoms with Gasteiger partial charge in [0, 0.05) is 17.5 Å². The van der Waals surface area contributed by atoms with Crippen LogP contribution in [0.5, 0.6) is 0 Å². The number of rotatable bonds is 8. The summed E-state index contributed by atoms with van der Waals surface area (Å²) in [6, 6.07) is 23.5. The Kier molecular flexibility index (Phi) is 6.38. The molecule has 0 spiro atoms. The topological polar surface area (TPSA) is 59.2 Å². The molecule has 0 saturated carbocycles. The fourth-order valence-electron chi connectivity index (χ4n) is 3.58. The Hall–Kier alpha value is -3.51. The van der Waals surface area contributed by atoms with Crippen LogP contribution in [-0.2, 0) is 17.8 Å². The van der Waals surface area contributed by atoms with Crippen molar-refractivity contribution in [1.82, 2.24) is 4.98 Å². The molecule has 0 saturated heterocycles. The minimum absolute atomic E-state index is 0.276. The summed E-state index contributed by atoms with van der Waals surface area (Å²) in [5, 5.41) is 1.97. The molecule has 2 N–H and O–H groups in total. The van der Waals surface area contributed by atoms with Crippen molar-refractivity contribution in [1.29, 1.82) is 0 Å². The van der Waals surface area contributed by atoms with Crippen LogP contribution in [-0.4, -0.2) is 16.9 Å². The Morgan fingerprint density at radius 3 is 2.45 bits per heavy atom. The molecule has 0 radical (unpaired) electrons. The molecule has 0 aliphatic carbocycles. The quantitative estimate of drug-likeness (QED) is 0.425. The highest BCUT2D eigenvalue weighted by Gasteiger charge is 2.26. The van der Waals surface area contributed by atoms with Gasteiger partial charge in [0.25, 0.3) is 0 Å². The molecular formula is C25H22FN3OS. The Labute approximate surface area is 184 Å². The zero-order valence-electron chi connectivity index (χ0n) is 16.8. The number of anilines is 1. The SMILES string of the molecule is NC(=O)[C@H](Cc1ccccc1)N(Cc1cscn1)c1cccc(-c2ccc(F)cc2)c1. The first-order chi connectivity index (χ1) is 15.1. The van der Waals surface area contributed by atoms with Gasteiger partial charge in [-0.3, -0.25) is 4.79 Å². The van der Waals surface area contributed by atoms with Gasteiger partial charge < -0.3 is 10.6 Å². The number of carbonyl (C=O) groups is 1. The van der Waals surface area contributed by atoms with E-state index in [4.69, 9.17) is 5.73 Å². The van der Waals surface area contributed by atoms with Crippen LogP contribution in [0.2, 0.25) is 0 Å². The van der Waals surface area contributed by atoms with E-state index in [0.29, 0.717) is 13.0 Å². The molecular weight excluding hydrogens is 409 g/mol. The molecule has 4 nitrogen and oxygen atoms in total. The van der Waals surface area contributed by atoms with Crippen LogP contribution in [0.15, 0.2) is 89.8 Å². The van der Waals surface area contributed by atoms with Crippen molar-refractivity contribution in [3.63, 3.8) is 0 Å². The molecule has 3 aromatic carbocycles. The van der Waals surface area contributed by atoms with Crippen molar-refractivity contribution in [3.8, 4) is 11.1 Å². The Balaban J connectivity index is 1.72. The van der Waals surface area contributed by atoms with Crippen LogP contribution < -0.4 is 10.6 Å². The van der Waals surface area contributed by atoms with Crippen LogP contribution in [0.25, 0.3) is 11.1 Å². The molecule has 31 heavy (non-hydrogen) atoms. The molecule has 0 aliphatic rings. The maximum atomic E-state index is 13.4. The Bertz CT molecular complexity index is 1130. The minimum atomic E-state index is -0.549. The van der Waals surface area contributed by atoms with Gasteiger partial charge in [-0.05, 0) is 41.0 Å². The summed E-state index contributed by atoms with van der Waals surface area (Å²) in [6.07, 6.45) is 0.487. The van der Waals surface area contributed by atoms with Gasteiger partial charge in [0.05, 0.1) is 17.7 Å². The lowest BCUT2D eigenvalue weighted by atomic mass is 10.0. The van der Waals surface area contributed by atoms with Gasteiger partial charge in [-0.1, -0.05) is 54.6 Å². The fourth-order valence-corrected chi connectivity index (χ4v) is 4.13. The zero-order chi connectivity index (χ0) is 21.6. The summed E-state index contributed by atoms with van der Waals surface area (Å²) < 4.78 is 13.4. The van der Waals surface area contributed by atoms with Crippen molar-refractivity contribution >= 4 is 22.9 Å². The van der Waals surface area contributed by atoms with Crippen molar-refractivity contribution in [2.75, 3.05) is 4.90 Å². The van der Waals surface area contributed by atoms with E-state index in [-0.39, 0.29) is 5.82 Å². The molecule has 4 rings (SSSR count). The normalized spacial score (nSPS) is 11.8. The third kappa shape index (κ3) is 5.16. The lowest BCUT2D eigenvalue weighted by molar-refractivity contribution is -0.119. The van der Waals surface area contributed by atoms with Crippen LogP contribution in [0.3, 0.4) is 0 Å². The van der Waals surface area contributed by atoms with Crippen molar-refractivity contribution in [2.24, 2.45) is 5.73 Å². The number of primary amides is 1. The monoisotopic (exact) mass is 431 g/mol. The average molecular weight is 432 g/mol. The van der Waals surface area contributed by atoms with Gasteiger partial charge in [-0.25, -0.2) is 9.37 Å². The maximum Gasteiger partial charge on any atom is 0.240 e.